The molecule has 1 aromatic carbocycles. The van der Waals surface area contributed by atoms with Crippen molar-refractivity contribution in [1.82, 2.24) is 14.6 Å². The number of hydrogen-bond donors (Lipinski definition) is 3. The number of anilines is 1. The van der Waals surface area contributed by atoms with E-state index in [0.29, 0.717) is 22.6 Å². The Hall–Kier alpha value is -3.08. The van der Waals surface area contributed by atoms with Crippen molar-refractivity contribution in [3.05, 3.63) is 46.6 Å². The zero-order chi connectivity index (χ0) is 19.4. The predicted molar refractivity (Wildman–Crippen MR) is 95.8 cm³/mol. The quantitative estimate of drug-likeness (QED) is 0.283. The topological polar surface area (TPSA) is 171 Å². The number of thioether (sulfide) groups is 1. The lowest BCUT2D eigenvalue weighted by Gasteiger charge is -2.09. The van der Waals surface area contributed by atoms with Crippen LogP contribution in [0.5, 0.6) is 0 Å². The van der Waals surface area contributed by atoms with E-state index in [2.05, 4.69) is 20.8 Å². The van der Waals surface area contributed by atoms with Gasteiger partial charge in [-0.2, -0.15) is 13.7 Å². The van der Waals surface area contributed by atoms with Crippen LogP contribution in [0.4, 0.5) is 5.69 Å². The van der Waals surface area contributed by atoms with E-state index in [1.54, 1.807) is 24.3 Å². The molecule has 0 radical (unpaired) electrons. The minimum atomic E-state index is -3.81. The number of aromatic nitrogens is 2. The number of benzene rings is 1. The van der Waals surface area contributed by atoms with Crippen LogP contribution in [0.15, 0.2) is 50.2 Å². The third-order valence-corrected chi connectivity index (χ3v) is 5.43. The van der Waals surface area contributed by atoms with Gasteiger partial charge in [0.15, 0.2) is 10.7 Å². The van der Waals surface area contributed by atoms with Gasteiger partial charge in [-0.3, -0.25) is 4.31 Å². The van der Waals surface area contributed by atoms with Gasteiger partial charge in [0, 0.05) is 23.3 Å². The van der Waals surface area contributed by atoms with Gasteiger partial charge in [0.2, 0.25) is 5.84 Å². The maximum absolute atomic E-state index is 11.4. The third kappa shape index (κ3) is 4.37. The highest BCUT2D eigenvalue weighted by molar-refractivity contribution is 8.03. The Morgan fingerprint density at radius 3 is 2.96 bits per heavy atom. The largest absolute Gasteiger partial charge is 0.409 e. The molecule has 1 aliphatic rings. The van der Waals surface area contributed by atoms with Crippen LogP contribution in [0.25, 0.3) is 0 Å². The predicted octanol–water partition coefficient (Wildman–Crippen LogP) is 1.03. The summed E-state index contributed by atoms with van der Waals surface area (Å²) < 4.78 is 28.5. The number of nitriles is 1. The number of hydrogen-bond acceptors (Lipinski definition) is 9. The van der Waals surface area contributed by atoms with Crippen LogP contribution in [-0.4, -0.2) is 40.6 Å². The molecule has 0 saturated heterocycles. The summed E-state index contributed by atoms with van der Waals surface area (Å²) in [5.41, 5.74) is 1.05. The molecule has 1 aliphatic heterocycles. The third-order valence-electron chi connectivity index (χ3n) is 3.46. The summed E-state index contributed by atoms with van der Waals surface area (Å²) in [5, 5.41) is 37.2. The fraction of sp³-hybridized carbons (Fsp3) is 0.143. The Morgan fingerprint density at radius 2 is 2.30 bits per heavy atom. The number of nitrogens with one attached hydrogen (secondary N) is 1. The van der Waals surface area contributed by atoms with Gasteiger partial charge in [0.1, 0.15) is 0 Å². The first kappa shape index (κ1) is 18.7. The lowest BCUT2D eigenvalue weighted by molar-refractivity contribution is 0.297. The van der Waals surface area contributed by atoms with Crippen LogP contribution in [0.1, 0.15) is 17.7 Å². The molecule has 0 bridgehead atoms. The van der Waals surface area contributed by atoms with E-state index >= 15 is 0 Å². The first-order valence-electron chi connectivity index (χ1n) is 7.41. The van der Waals surface area contributed by atoms with Gasteiger partial charge in [-0.15, -0.1) is 0 Å². The van der Waals surface area contributed by atoms with E-state index in [0.717, 1.165) is 16.1 Å². The number of rotatable bonds is 5. The van der Waals surface area contributed by atoms with Crippen LogP contribution in [-0.2, 0) is 10.2 Å². The molecule has 11 nitrogen and oxygen atoms in total. The van der Waals surface area contributed by atoms with Gasteiger partial charge in [0.25, 0.3) is 10.2 Å². The highest BCUT2D eigenvalue weighted by Gasteiger charge is 2.25. The lowest BCUT2D eigenvalue weighted by Crippen LogP contribution is -2.30. The number of amidine groups is 1. The molecular weight excluding hydrogens is 394 g/mol. The molecule has 0 aliphatic carbocycles. The van der Waals surface area contributed by atoms with Gasteiger partial charge in [-0.25, -0.2) is 9.77 Å². The summed E-state index contributed by atoms with van der Waals surface area (Å²) in [7, 11) is -3.81. The van der Waals surface area contributed by atoms with Crippen molar-refractivity contribution in [1.29, 1.82) is 5.26 Å². The highest BCUT2D eigenvalue weighted by Crippen LogP contribution is 2.33. The minimum absolute atomic E-state index is 0.0456. The standard InChI is InChI=1S/C14H13N7O4S2/c15-7-9-2-1-3-10(6-9)17-13(18-22)12-14(20-25-19-12)26-11-4-5-21(8-11)27(16,23)24/h1-3,6,8,22H,4-5H2,(H,17,18)(H2,16,23,24). The van der Waals surface area contributed by atoms with Gasteiger partial charge < -0.3 is 10.5 Å². The summed E-state index contributed by atoms with van der Waals surface area (Å²) in [6.07, 6.45) is 1.84. The molecule has 27 heavy (non-hydrogen) atoms. The monoisotopic (exact) mass is 407 g/mol. The lowest BCUT2D eigenvalue weighted by atomic mass is 10.2. The van der Waals surface area contributed by atoms with Crippen LogP contribution in [0.2, 0.25) is 0 Å². The van der Waals surface area contributed by atoms with Gasteiger partial charge in [-0.05, 0) is 34.9 Å². The molecule has 0 unspecified atom stereocenters. The average molecular weight is 407 g/mol. The summed E-state index contributed by atoms with van der Waals surface area (Å²) in [5.74, 6) is -0.0456. The van der Waals surface area contributed by atoms with E-state index < -0.39 is 10.2 Å². The zero-order valence-corrected chi connectivity index (χ0v) is 15.2. The second-order valence-corrected chi connectivity index (χ2v) is 7.90. The van der Waals surface area contributed by atoms with E-state index in [-0.39, 0.29) is 23.1 Å². The fourth-order valence-electron chi connectivity index (χ4n) is 2.24. The second kappa shape index (κ2) is 7.66. The maximum Gasteiger partial charge on any atom is 0.298 e. The van der Waals surface area contributed by atoms with Crippen molar-refractivity contribution >= 4 is 33.5 Å². The van der Waals surface area contributed by atoms with Crippen molar-refractivity contribution < 1.29 is 18.3 Å². The molecule has 140 valence electrons. The molecule has 0 amide bonds. The van der Waals surface area contributed by atoms with Crippen molar-refractivity contribution in [2.75, 3.05) is 11.9 Å². The van der Waals surface area contributed by atoms with Crippen molar-refractivity contribution in [2.45, 2.75) is 11.4 Å². The summed E-state index contributed by atoms with van der Waals surface area (Å²) in [6.45, 7) is 0.224. The maximum atomic E-state index is 11.4. The first-order chi connectivity index (χ1) is 12.9. The van der Waals surface area contributed by atoms with E-state index in [9.17, 15) is 13.6 Å². The van der Waals surface area contributed by atoms with Crippen LogP contribution < -0.4 is 10.5 Å². The molecular formula is C14H13N7O4S2. The molecule has 0 saturated carbocycles. The van der Waals surface area contributed by atoms with Crippen molar-refractivity contribution in [3.63, 3.8) is 0 Å². The molecule has 13 heteroatoms. The Balaban J connectivity index is 1.80. The highest BCUT2D eigenvalue weighted by atomic mass is 32.2. The fourth-order valence-corrected chi connectivity index (χ4v) is 3.85. The van der Waals surface area contributed by atoms with Crippen molar-refractivity contribution in [3.8, 4) is 6.07 Å². The molecule has 0 spiro atoms. The Kier molecular flexibility index (Phi) is 5.31. The van der Waals surface area contributed by atoms with E-state index in [4.69, 9.17) is 15.0 Å². The number of nitrogens with two attached hydrogens (primary N) is 1. The van der Waals surface area contributed by atoms with Crippen LogP contribution in [0, 0.1) is 11.3 Å². The van der Waals surface area contributed by atoms with Gasteiger partial charge in [0.05, 0.1) is 11.6 Å². The van der Waals surface area contributed by atoms with Gasteiger partial charge in [-0.1, -0.05) is 23.0 Å². The zero-order valence-electron chi connectivity index (χ0n) is 13.6. The first-order valence-corrected chi connectivity index (χ1v) is 9.73. The van der Waals surface area contributed by atoms with Crippen LogP contribution in [0.3, 0.4) is 0 Å². The summed E-state index contributed by atoms with van der Waals surface area (Å²) >= 11 is 1.11. The molecule has 1 aromatic heterocycles. The normalized spacial score (nSPS) is 14.7. The van der Waals surface area contributed by atoms with Crippen molar-refractivity contribution in [2.24, 2.45) is 10.3 Å². The van der Waals surface area contributed by atoms with E-state index in [1.807, 2.05) is 6.07 Å². The SMILES string of the molecule is N#Cc1cccc(N/C(=N\O)c2nonc2SC2=CN(S(N)(=O)=O)CC2)c1. The molecule has 4 N–H and O–H groups in total. The van der Waals surface area contributed by atoms with Crippen LogP contribution >= 0.6 is 11.8 Å². The molecule has 2 heterocycles. The minimum Gasteiger partial charge on any atom is -0.409 e. The second-order valence-electron chi connectivity index (χ2n) is 5.29. The van der Waals surface area contributed by atoms with E-state index in [1.165, 1.54) is 6.20 Å². The smallest absolute Gasteiger partial charge is 0.298 e. The molecule has 0 atom stereocenters. The summed E-state index contributed by atoms with van der Waals surface area (Å²) in [6, 6.07) is 8.54. The number of nitrogens with zero attached hydrogens (tertiary/aromatic N) is 5. The molecule has 3 rings (SSSR count). The molecule has 0 fully saturated rings. The Bertz CT molecular complexity index is 1060. The Labute approximate surface area is 158 Å². The van der Waals surface area contributed by atoms with Gasteiger partial charge >= 0.3 is 0 Å². The average Bonchev–Trinajstić information content (AvgIpc) is 3.30. The number of oxime groups is 1. The molecule has 2 aromatic rings. The Morgan fingerprint density at radius 1 is 1.48 bits per heavy atom. The summed E-state index contributed by atoms with van der Waals surface area (Å²) in [4.78, 5) is 0.671.